The molecule has 0 aliphatic carbocycles. The van der Waals surface area contributed by atoms with E-state index in [1.165, 1.54) is 0 Å². The average molecular weight is 276 g/mol. The number of carbonyl (C=O) groups is 2. The lowest BCUT2D eigenvalue weighted by Crippen LogP contribution is -2.32. The standard InChI is InChI=1S/C12H24N2O5/c1-9(2)13-11(15)18-7-5-17-6-8-19-12(16)14-10(3)4/h9-10H,5-8H2,1-4H3,(H,13,15)(H,14,16). The van der Waals surface area contributed by atoms with Crippen LogP contribution < -0.4 is 10.6 Å². The summed E-state index contributed by atoms with van der Waals surface area (Å²) in [5, 5.41) is 5.17. The Labute approximate surface area is 114 Å². The number of ether oxygens (including phenoxy) is 3. The van der Waals surface area contributed by atoms with Crippen molar-refractivity contribution in [3.63, 3.8) is 0 Å². The third-order valence-electron chi connectivity index (χ3n) is 1.73. The molecular weight excluding hydrogens is 252 g/mol. The van der Waals surface area contributed by atoms with Crippen LogP contribution in [0.15, 0.2) is 0 Å². The van der Waals surface area contributed by atoms with E-state index in [2.05, 4.69) is 10.6 Å². The summed E-state index contributed by atoms with van der Waals surface area (Å²) in [7, 11) is 0. The molecule has 0 aliphatic heterocycles. The molecule has 7 nitrogen and oxygen atoms in total. The third-order valence-corrected chi connectivity index (χ3v) is 1.73. The first-order valence-electron chi connectivity index (χ1n) is 6.36. The van der Waals surface area contributed by atoms with Crippen molar-refractivity contribution in [1.82, 2.24) is 10.6 Å². The van der Waals surface area contributed by atoms with E-state index in [-0.39, 0.29) is 38.5 Å². The van der Waals surface area contributed by atoms with E-state index in [1.807, 2.05) is 27.7 Å². The summed E-state index contributed by atoms with van der Waals surface area (Å²) < 4.78 is 14.8. The molecule has 0 heterocycles. The third kappa shape index (κ3) is 12.7. The highest BCUT2D eigenvalue weighted by Crippen LogP contribution is 1.86. The van der Waals surface area contributed by atoms with Crippen LogP contribution in [-0.4, -0.2) is 50.7 Å². The summed E-state index contributed by atoms with van der Waals surface area (Å²) in [6, 6.07) is 0.0857. The first-order valence-corrected chi connectivity index (χ1v) is 6.36. The average Bonchev–Trinajstić information content (AvgIpc) is 2.25. The first kappa shape index (κ1) is 17.5. The van der Waals surface area contributed by atoms with Crippen molar-refractivity contribution in [3.05, 3.63) is 0 Å². The van der Waals surface area contributed by atoms with Crippen molar-refractivity contribution in [3.8, 4) is 0 Å². The number of alkyl carbamates (subject to hydrolysis) is 2. The predicted octanol–water partition coefficient (Wildman–Crippen LogP) is 1.27. The monoisotopic (exact) mass is 276 g/mol. The summed E-state index contributed by atoms with van der Waals surface area (Å²) >= 11 is 0. The smallest absolute Gasteiger partial charge is 0.407 e. The molecule has 0 aliphatic rings. The van der Waals surface area contributed by atoms with E-state index in [0.717, 1.165) is 0 Å². The first-order chi connectivity index (χ1) is 8.91. The maximum Gasteiger partial charge on any atom is 0.407 e. The highest BCUT2D eigenvalue weighted by Gasteiger charge is 2.04. The molecule has 0 saturated carbocycles. The second-order valence-corrected chi connectivity index (χ2v) is 4.48. The lowest BCUT2D eigenvalue weighted by molar-refractivity contribution is 0.0450. The SMILES string of the molecule is CC(C)NC(=O)OCCOCCOC(=O)NC(C)C. The number of hydrogen-bond acceptors (Lipinski definition) is 5. The van der Waals surface area contributed by atoms with Gasteiger partial charge in [0.2, 0.25) is 0 Å². The van der Waals surface area contributed by atoms with Gasteiger partial charge in [0, 0.05) is 12.1 Å². The zero-order valence-electron chi connectivity index (χ0n) is 12.0. The normalized spacial score (nSPS) is 10.4. The molecule has 0 atom stereocenters. The summed E-state index contributed by atoms with van der Waals surface area (Å²) in [4.78, 5) is 22.1. The van der Waals surface area contributed by atoms with Crippen LogP contribution in [-0.2, 0) is 14.2 Å². The Kier molecular flexibility index (Phi) is 9.60. The van der Waals surface area contributed by atoms with Crippen molar-refractivity contribution in [2.75, 3.05) is 26.4 Å². The van der Waals surface area contributed by atoms with Crippen LogP contribution in [0.2, 0.25) is 0 Å². The van der Waals surface area contributed by atoms with Gasteiger partial charge in [-0.3, -0.25) is 0 Å². The summed E-state index contributed by atoms with van der Waals surface area (Å²) in [6.07, 6.45) is -0.933. The molecule has 0 bridgehead atoms. The fourth-order valence-electron chi connectivity index (χ4n) is 1.04. The van der Waals surface area contributed by atoms with Gasteiger partial charge in [0.25, 0.3) is 0 Å². The molecule has 0 unspecified atom stereocenters. The number of carbonyl (C=O) groups excluding carboxylic acids is 2. The molecule has 0 radical (unpaired) electrons. The van der Waals surface area contributed by atoms with Crippen molar-refractivity contribution in [1.29, 1.82) is 0 Å². The fraction of sp³-hybridized carbons (Fsp3) is 0.833. The minimum absolute atomic E-state index is 0.0429. The van der Waals surface area contributed by atoms with E-state index in [1.54, 1.807) is 0 Å². The highest BCUT2D eigenvalue weighted by atomic mass is 16.6. The topological polar surface area (TPSA) is 85.9 Å². The number of rotatable bonds is 8. The maximum atomic E-state index is 11.1. The van der Waals surface area contributed by atoms with Crippen molar-refractivity contribution in [2.24, 2.45) is 0 Å². The molecule has 19 heavy (non-hydrogen) atoms. The summed E-state index contributed by atoms with van der Waals surface area (Å²) in [5.41, 5.74) is 0. The molecule has 2 amide bonds. The van der Waals surface area contributed by atoms with Gasteiger partial charge in [0.05, 0.1) is 13.2 Å². The van der Waals surface area contributed by atoms with E-state index in [9.17, 15) is 9.59 Å². The Bertz CT molecular complexity index is 243. The van der Waals surface area contributed by atoms with Gasteiger partial charge in [-0.05, 0) is 27.7 Å². The molecule has 2 N–H and O–H groups in total. The van der Waals surface area contributed by atoms with Gasteiger partial charge in [-0.1, -0.05) is 0 Å². The van der Waals surface area contributed by atoms with Crippen LogP contribution in [0.25, 0.3) is 0 Å². The van der Waals surface area contributed by atoms with Crippen LogP contribution in [0.5, 0.6) is 0 Å². The molecule has 0 saturated heterocycles. The number of amides is 2. The van der Waals surface area contributed by atoms with Gasteiger partial charge in [-0.15, -0.1) is 0 Å². The van der Waals surface area contributed by atoms with Gasteiger partial charge >= 0.3 is 12.2 Å². The summed E-state index contributed by atoms with van der Waals surface area (Å²) in [6.45, 7) is 8.23. The Morgan fingerprint density at radius 2 is 1.16 bits per heavy atom. The molecule has 0 aromatic rings. The highest BCUT2D eigenvalue weighted by molar-refractivity contribution is 5.67. The summed E-state index contributed by atoms with van der Waals surface area (Å²) in [5.74, 6) is 0. The number of hydrogen-bond donors (Lipinski definition) is 2. The molecule has 7 heteroatoms. The Balaban J connectivity index is 3.32. The quantitative estimate of drug-likeness (QED) is 0.652. The number of nitrogens with one attached hydrogen (secondary N) is 2. The van der Waals surface area contributed by atoms with Crippen molar-refractivity contribution in [2.45, 2.75) is 39.8 Å². The van der Waals surface area contributed by atoms with Crippen LogP contribution in [0.3, 0.4) is 0 Å². The van der Waals surface area contributed by atoms with Crippen molar-refractivity contribution >= 4 is 12.2 Å². The lowest BCUT2D eigenvalue weighted by Gasteiger charge is -2.10. The van der Waals surface area contributed by atoms with Crippen LogP contribution in [0.1, 0.15) is 27.7 Å². The van der Waals surface area contributed by atoms with E-state index in [0.29, 0.717) is 0 Å². The minimum atomic E-state index is -0.467. The molecule has 0 spiro atoms. The predicted molar refractivity (Wildman–Crippen MR) is 70.1 cm³/mol. The van der Waals surface area contributed by atoms with Gasteiger partial charge in [0.15, 0.2) is 0 Å². The van der Waals surface area contributed by atoms with Crippen LogP contribution in [0, 0.1) is 0 Å². The molecule has 0 aromatic heterocycles. The second kappa shape index (κ2) is 10.4. The van der Waals surface area contributed by atoms with Gasteiger partial charge in [-0.2, -0.15) is 0 Å². The van der Waals surface area contributed by atoms with E-state index < -0.39 is 12.2 Å². The Morgan fingerprint density at radius 3 is 1.47 bits per heavy atom. The Morgan fingerprint density at radius 1 is 0.789 bits per heavy atom. The van der Waals surface area contributed by atoms with Crippen molar-refractivity contribution < 1.29 is 23.8 Å². The second-order valence-electron chi connectivity index (χ2n) is 4.48. The van der Waals surface area contributed by atoms with Crippen LogP contribution in [0.4, 0.5) is 9.59 Å². The Hall–Kier alpha value is -1.50. The van der Waals surface area contributed by atoms with Gasteiger partial charge < -0.3 is 24.8 Å². The minimum Gasteiger partial charge on any atom is -0.447 e. The zero-order chi connectivity index (χ0) is 14.7. The molecule has 0 fully saturated rings. The fourth-order valence-corrected chi connectivity index (χ4v) is 1.04. The molecule has 112 valence electrons. The molecular formula is C12H24N2O5. The van der Waals surface area contributed by atoms with Gasteiger partial charge in [-0.25, -0.2) is 9.59 Å². The van der Waals surface area contributed by atoms with E-state index >= 15 is 0 Å². The van der Waals surface area contributed by atoms with Crippen LogP contribution >= 0.6 is 0 Å². The van der Waals surface area contributed by atoms with Gasteiger partial charge in [0.1, 0.15) is 13.2 Å². The lowest BCUT2D eigenvalue weighted by atomic mass is 10.4. The molecule has 0 aromatic carbocycles. The zero-order valence-corrected chi connectivity index (χ0v) is 12.0. The largest absolute Gasteiger partial charge is 0.447 e. The van der Waals surface area contributed by atoms with E-state index in [4.69, 9.17) is 14.2 Å². The molecule has 0 rings (SSSR count). The maximum absolute atomic E-state index is 11.1.